The Kier molecular flexibility index (Phi) is 2.02. The lowest BCUT2D eigenvalue weighted by molar-refractivity contribution is 0.675. The molecular formula is C18H16. The molecule has 0 amide bonds. The van der Waals surface area contributed by atoms with Crippen molar-refractivity contribution in [1.82, 2.24) is 0 Å². The van der Waals surface area contributed by atoms with E-state index in [4.69, 9.17) is 0 Å². The molecule has 0 N–H and O–H groups in total. The van der Waals surface area contributed by atoms with E-state index in [1.54, 1.807) is 0 Å². The summed E-state index contributed by atoms with van der Waals surface area (Å²) >= 11 is 0. The maximum Gasteiger partial charge on any atom is 0.0131 e. The van der Waals surface area contributed by atoms with Crippen molar-refractivity contribution in [2.75, 3.05) is 0 Å². The summed E-state index contributed by atoms with van der Waals surface area (Å²) < 4.78 is 0. The van der Waals surface area contributed by atoms with Crippen LogP contribution in [0.4, 0.5) is 0 Å². The number of hydrogen-bond donors (Lipinski definition) is 0. The third kappa shape index (κ3) is 1.21. The third-order valence-electron chi connectivity index (χ3n) is 4.67. The summed E-state index contributed by atoms with van der Waals surface area (Å²) in [6.07, 6.45) is 5.98. The number of fused-ring (bicyclic) bond motifs is 1. The number of hydrogen-bond acceptors (Lipinski definition) is 0. The van der Waals surface area contributed by atoms with Gasteiger partial charge in [-0.15, -0.1) is 0 Å². The zero-order valence-electron chi connectivity index (χ0n) is 10.3. The lowest BCUT2D eigenvalue weighted by Gasteiger charge is -2.15. The van der Waals surface area contributed by atoms with Crippen LogP contribution in [0.2, 0.25) is 0 Å². The summed E-state index contributed by atoms with van der Waals surface area (Å²) in [5.41, 5.74) is 3.37. The van der Waals surface area contributed by atoms with Crippen LogP contribution in [0.5, 0.6) is 0 Å². The summed E-state index contributed by atoms with van der Waals surface area (Å²) in [5.74, 6) is 1.40. The maximum absolute atomic E-state index is 2.42. The Hall–Kier alpha value is -1.82. The Balaban J connectivity index is 1.78. The molecule has 0 saturated heterocycles. The van der Waals surface area contributed by atoms with Gasteiger partial charge >= 0.3 is 0 Å². The van der Waals surface area contributed by atoms with Crippen molar-refractivity contribution in [3.63, 3.8) is 0 Å². The summed E-state index contributed by atoms with van der Waals surface area (Å²) in [4.78, 5) is 0. The van der Waals surface area contributed by atoms with Crippen LogP contribution in [0.15, 0.2) is 72.8 Å². The molecule has 2 aromatic rings. The van der Waals surface area contributed by atoms with E-state index >= 15 is 0 Å². The molecule has 1 saturated carbocycles. The largest absolute Gasteiger partial charge is 0.0873 e. The first kappa shape index (κ1) is 10.1. The maximum atomic E-state index is 2.42. The molecule has 88 valence electrons. The van der Waals surface area contributed by atoms with Gasteiger partial charge in [-0.1, -0.05) is 72.8 Å². The fraction of sp³-hybridized carbons (Fsp3) is 0.222. The lowest BCUT2D eigenvalue weighted by Crippen LogP contribution is -2.08. The van der Waals surface area contributed by atoms with Gasteiger partial charge < -0.3 is 0 Å². The van der Waals surface area contributed by atoms with Gasteiger partial charge in [0.05, 0.1) is 0 Å². The lowest BCUT2D eigenvalue weighted by atomic mass is 9.88. The van der Waals surface area contributed by atoms with Crippen molar-refractivity contribution in [1.29, 1.82) is 0 Å². The van der Waals surface area contributed by atoms with Crippen LogP contribution in [0.1, 0.15) is 23.5 Å². The van der Waals surface area contributed by atoms with E-state index in [-0.39, 0.29) is 0 Å². The Labute approximate surface area is 108 Å². The van der Waals surface area contributed by atoms with E-state index < -0.39 is 0 Å². The molecule has 0 bridgehead atoms. The van der Waals surface area contributed by atoms with Gasteiger partial charge in [-0.25, -0.2) is 0 Å². The third-order valence-corrected chi connectivity index (χ3v) is 4.67. The number of allylic oxidation sites excluding steroid dienone is 2. The molecule has 3 atom stereocenters. The molecule has 2 aromatic carbocycles. The van der Waals surface area contributed by atoms with Gasteiger partial charge in [0.2, 0.25) is 0 Å². The Morgan fingerprint density at radius 1 is 0.833 bits per heavy atom. The molecule has 0 aliphatic heterocycles. The molecule has 3 unspecified atom stereocenters. The van der Waals surface area contributed by atoms with Crippen molar-refractivity contribution in [3.05, 3.63) is 83.9 Å². The first-order chi connectivity index (χ1) is 8.93. The van der Waals surface area contributed by atoms with E-state index in [9.17, 15) is 0 Å². The number of benzene rings is 2. The second-order valence-corrected chi connectivity index (χ2v) is 5.45. The van der Waals surface area contributed by atoms with E-state index in [2.05, 4.69) is 72.8 Å². The van der Waals surface area contributed by atoms with Gasteiger partial charge in [-0.05, 0) is 23.5 Å². The Morgan fingerprint density at radius 3 is 2.22 bits per heavy atom. The smallest absolute Gasteiger partial charge is 0.0131 e. The first-order valence-corrected chi connectivity index (χ1v) is 6.70. The van der Waals surface area contributed by atoms with Gasteiger partial charge in [-0.2, -0.15) is 0 Å². The second kappa shape index (κ2) is 3.58. The van der Waals surface area contributed by atoms with Crippen molar-refractivity contribution in [2.45, 2.75) is 17.8 Å². The van der Waals surface area contributed by atoms with E-state index in [1.165, 1.54) is 17.5 Å². The van der Waals surface area contributed by atoms with Crippen LogP contribution in [0.3, 0.4) is 0 Å². The van der Waals surface area contributed by atoms with Crippen LogP contribution in [-0.4, -0.2) is 0 Å². The zero-order valence-corrected chi connectivity index (χ0v) is 10.3. The van der Waals surface area contributed by atoms with Gasteiger partial charge in [-0.3, -0.25) is 0 Å². The average Bonchev–Trinajstić information content (AvgIpc) is 2.90. The fourth-order valence-corrected chi connectivity index (χ4v) is 3.83. The molecule has 0 heterocycles. The molecule has 0 spiro atoms. The molecule has 2 aliphatic carbocycles. The van der Waals surface area contributed by atoms with Gasteiger partial charge in [0, 0.05) is 11.3 Å². The highest BCUT2D eigenvalue weighted by Gasteiger charge is 2.65. The zero-order chi connectivity index (χ0) is 12.0. The minimum absolute atomic E-state index is 0.364. The molecular weight excluding hydrogens is 216 g/mol. The highest BCUT2D eigenvalue weighted by atomic mass is 14.7. The Bertz CT molecular complexity index is 582. The molecule has 0 radical (unpaired) electrons. The molecule has 2 aliphatic rings. The molecule has 0 aromatic heterocycles. The SMILES string of the molecule is C1=CC2C(c3ccccc3)C2(c2ccccc2)C1. The van der Waals surface area contributed by atoms with Crippen LogP contribution in [0, 0.1) is 5.92 Å². The summed E-state index contributed by atoms with van der Waals surface area (Å²) in [6, 6.07) is 22.0. The van der Waals surface area contributed by atoms with Crippen LogP contribution >= 0.6 is 0 Å². The topological polar surface area (TPSA) is 0 Å². The molecule has 0 nitrogen and oxygen atoms in total. The predicted molar refractivity (Wildman–Crippen MR) is 74.6 cm³/mol. The van der Waals surface area contributed by atoms with Crippen molar-refractivity contribution < 1.29 is 0 Å². The van der Waals surface area contributed by atoms with E-state index in [1.807, 2.05) is 0 Å². The Morgan fingerprint density at radius 2 is 1.50 bits per heavy atom. The van der Waals surface area contributed by atoms with Crippen molar-refractivity contribution >= 4 is 0 Å². The highest BCUT2D eigenvalue weighted by Crippen LogP contribution is 2.70. The predicted octanol–water partition coefficient (Wildman–Crippen LogP) is 4.30. The van der Waals surface area contributed by atoms with Crippen LogP contribution in [0.25, 0.3) is 0 Å². The van der Waals surface area contributed by atoms with Crippen molar-refractivity contribution in [2.24, 2.45) is 5.92 Å². The molecule has 18 heavy (non-hydrogen) atoms. The number of rotatable bonds is 2. The quantitative estimate of drug-likeness (QED) is 0.677. The average molecular weight is 232 g/mol. The normalized spacial score (nSPS) is 32.2. The first-order valence-electron chi connectivity index (χ1n) is 6.70. The molecule has 1 fully saturated rings. The summed E-state index contributed by atoms with van der Waals surface area (Å²) in [5, 5.41) is 0. The van der Waals surface area contributed by atoms with Gasteiger partial charge in [0.1, 0.15) is 0 Å². The fourth-order valence-electron chi connectivity index (χ4n) is 3.83. The highest BCUT2D eigenvalue weighted by molar-refractivity contribution is 5.51. The summed E-state index contributed by atoms with van der Waals surface area (Å²) in [7, 11) is 0. The monoisotopic (exact) mass is 232 g/mol. The van der Waals surface area contributed by atoms with Gasteiger partial charge in [0.15, 0.2) is 0 Å². The molecule has 4 rings (SSSR count). The van der Waals surface area contributed by atoms with E-state index in [0.29, 0.717) is 17.3 Å². The van der Waals surface area contributed by atoms with Gasteiger partial charge in [0.25, 0.3) is 0 Å². The second-order valence-electron chi connectivity index (χ2n) is 5.45. The minimum Gasteiger partial charge on any atom is -0.0873 e. The van der Waals surface area contributed by atoms with Crippen LogP contribution < -0.4 is 0 Å². The molecule has 0 heteroatoms. The van der Waals surface area contributed by atoms with Crippen LogP contribution in [-0.2, 0) is 5.41 Å². The summed E-state index contributed by atoms with van der Waals surface area (Å²) in [6.45, 7) is 0. The standard InChI is InChI=1S/C18H16/c1-3-8-14(9-4-1)17-16-12-7-13-18(16,17)15-10-5-2-6-11-15/h1-12,16-17H,13H2. The van der Waals surface area contributed by atoms with Crippen molar-refractivity contribution in [3.8, 4) is 0 Å². The van der Waals surface area contributed by atoms with E-state index in [0.717, 1.165) is 0 Å². The minimum atomic E-state index is 0.364.